The third-order valence-corrected chi connectivity index (χ3v) is 3.67. The van der Waals surface area contributed by atoms with Gasteiger partial charge in [0.25, 0.3) is 0 Å². The summed E-state index contributed by atoms with van der Waals surface area (Å²) in [5.41, 5.74) is 2.23. The number of carbonyl (C=O) groups excluding carboxylic acids is 1. The summed E-state index contributed by atoms with van der Waals surface area (Å²) in [7, 11) is 0. The number of hydrogen-bond donors (Lipinski definition) is 1. The van der Waals surface area contributed by atoms with Crippen LogP contribution in [0.2, 0.25) is 0 Å². The van der Waals surface area contributed by atoms with Crippen LogP contribution in [-0.2, 0) is 10.2 Å². The minimum atomic E-state index is -0.584. The molecule has 1 saturated carbocycles. The zero-order valence-electron chi connectivity index (χ0n) is 11.2. The van der Waals surface area contributed by atoms with E-state index >= 15 is 0 Å². The number of hydrogen-bond acceptors (Lipinski definition) is 1. The second-order valence-corrected chi connectivity index (χ2v) is 6.45. The zero-order valence-corrected chi connectivity index (χ0v) is 11.9. The van der Waals surface area contributed by atoms with Gasteiger partial charge in [0.05, 0.1) is 0 Å². The fraction of sp³-hybridized carbons (Fsp3) is 0.533. The van der Waals surface area contributed by atoms with Crippen LogP contribution in [0.25, 0.3) is 0 Å². The van der Waals surface area contributed by atoms with Gasteiger partial charge in [0.1, 0.15) is 5.38 Å². The van der Waals surface area contributed by atoms with Crippen LogP contribution in [0, 0.1) is 0 Å². The SMILES string of the molecule is CC(C)(C)c1ccc(C(Cl)C(=O)NC2CC2)cc1. The van der Waals surface area contributed by atoms with Crippen molar-refractivity contribution < 1.29 is 4.79 Å². The van der Waals surface area contributed by atoms with E-state index in [0.29, 0.717) is 6.04 Å². The van der Waals surface area contributed by atoms with E-state index in [1.165, 1.54) is 5.56 Å². The number of amides is 1. The van der Waals surface area contributed by atoms with Crippen LogP contribution in [0.5, 0.6) is 0 Å². The Morgan fingerprint density at radius 1 is 1.28 bits per heavy atom. The lowest BCUT2D eigenvalue weighted by Gasteiger charge is -2.19. The van der Waals surface area contributed by atoms with Crippen molar-refractivity contribution in [2.24, 2.45) is 0 Å². The Kier molecular flexibility index (Phi) is 3.67. The summed E-state index contributed by atoms with van der Waals surface area (Å²) in [6.45, 7) is 6.50. The van der Waals surface area contributed by atoms with Gasteiger partial charge in [-0.1, -0.05) is 45.0 Å². The fourth-order valence-electron chi connectivity index (χ4n) is 1.81. The monoisotopic (exact) mass is 265 g/mol. The van der Waals surface area contributed by atoms with E-state index in [1.54, 1.807) is 0 Å². The molecular formula is C15H20ClNO. The third kappa shape index (κ3) is 3.26. The maximum Gasteiger partial charge on any atom is 0.242 e. The van der Waals surface area contributed by atoms with Crippen LogP contribution in [0.15, 0.2) is 24.3 Å². The number of alkyl halides is 1. The first-order chi connectivity index (χ1) is 8.38. The molecule has 2 rings (SSSR count). The minimum Gasteiger partial charge on any atom is -0.352 e. The van der Waals surface area contributed by atoms with Crippen LogP contribution in [0.4, 0.5) is 0 Å². The Hall–Kier alpha value is -1.02. The molecule has 3 heteroatoms. The van der Waals surface area contributed by atoms with Crippen molar-refractivity contribution in [2.45, 2.75) is 50.4 Å². The van der Waals surface area contributed by atoms with Gasteiger partial charge in [0.15, 0.2) is 0 Å². The molecule has 1 amide bonds. The Balaban J connectivity index is 2.06. The first-order valence-corrected chi connectivity index (χ1v) is 6.86. The highest BCUT2D eigenvalue weighted by Crippen LogP contribution is 2.27. The molecule has 0 spiro atoms. The molecule has 1 fully saturated rings. The lowest BCUT2D eigenvalue weighted by Crippen LogP contribution is -2.28. The predicted molar refractivity (Wildman–Crippen MR) is 74.9 cm³/mol. The van der Waals surface area contributed by atoms with Crippen molar-refractivity contribution in [3.05, 3.63) is 35.4 Å². The van der Waals surface area contributed by atoms with Gasteiger partial charge < -0.3 is 5.32 Å². The molecule has 1 atom stereocenters. The second-order valence-electron chi connectivity index (χ2n) is 6.02. The van der Waals surface area contributed by atoms with Gasteiger partial charge in [-0.2, -0.15) is 0 Å². The fourth-order valence-corrected chi connectivity index (χ4v) is 2.01. The van der Waals surface area contributed by atoms with E-state index in [1.807, 2.05) is 12.1 Å². The number of halogens is 1. The molecule has 98 valence electrons. The summed E-state index contributed by atoms with van der Waals surface area (Å²) >= 11 is 6.18. The van der Waals surface area contributed by atoms with Crippen LogP contribution in [0.1, 0.15) is 50.1 Å². The molecule has 0 bridgehead atoms. The van der Waals surface area contributed by atoms with Crippen molar-refractivity contribution in [2.75, 3.05) is 0 Å². The molecule has 2 nitrogen and oxygen atoms in total. The van der Waals surface area contributed by atoms with Gasteiger partial charge in [-0.3, -0.25) is 4.79 Å². The molecule has 0 radical (unpaired) electrons. The molecule has 0 aliphatic heterocycles. The van der Waals surface area contributed by atoms with Gasteiger partial charge in [-0.15, -0.1) is 11.6 Å². The number of rotatable bonds is 3. The number of carbonyl (C=O) groups is 1. The highest BCUT2D eigenvalue weighted by molar-refractivity contribution is 6.30. The first kappa shape index (κ1) is 13.4. The zero-order chi connectivity index (χ0) is 13.3. The quantitative estimate of drug-likeness (QED) is 0.832. The van der Waals surface area contributed by atoms with E-state index < -0.39 is 5.38 Å². The average molecular weight is 266 g/mol. The second kappa shape index (κ2) is 4.93. The van der Waals surface area contributed by atoms with E-state index in [9.17, 15) is 4.79 Å². The highest BCUT2D eigenvalue weighted by Gasteiger charge is 2.27. The van der Waals surface area contributed by atoms with Crippen molar-refractivity contribution in [1.29, 1.82) is 0 Å². The van der Waals surface area contributed by atoms with Gasteiger partial charge in [0, 0.05) is 6.04 Å². The molecule has 0 heterocycles. The largest absolute Gasteiger partial charge is 0.352 e. The van der Waals surface area contributed by atoms with Crippen molar-refractivity contribution >= 4 is 17.5 Å². The van der Waals surface area contributed by atoms with Gasteiger partial charge >= 0.3 is 0 Å². The minimum absolute atomic E-state index is 0.0809. The molecule has 1 aliphatic carbocycles. The smallest absolute Gasteiger partial charge is 0.242 e. The molecule has 0 aromatic heterocycles. The van der Waals surface area contributed by atoms with Crippen LogP contribution in [0.3, 0.4) is 0 Å². The molecule has 1 N–H and O–H groups in total. The van der Waals surface area contributed by atoms with Crippen LogP contribution >= 0.6 is 11.6 Å². The van der Waals surface area contributed by atoms with Crippen LogP contribution < -0.4 is 5.32 Å². The van der Waals surface area contributed by atoms with Crippen molar-refractivity contribution in [3.8, 4) is 0 Å². The standard InChI is InChI=1S/C15H20ClNO/c1-15(2,3)11-6-4-10(5-7-11)13(16)14(18)17-12-8-9-12/h4-7,12-13H,8-9H2,1-3H3,(H,17,18). The summed E-state index contributed by atoms with van der Waals surface area (Å²) in [6, 6.07) is 8.35. The van der Waals surface area contributed by atoms with Crippen molar-refractivity contribution in [3.63, 3.8) is 0 Å². The summed E-state index contributed by atoms with van der Waals surface area (Å²) in [5, 5.41) is 2.34. The van der Waals surface area contributed by atoms with Crippen molar-refractivity contribution in [1.82, 2.24) is 5.32 Å². The molecule has 1 aromatic rings. The Morgan fingerprint density at radius 2 is 1.83 bits per heavy atom. The van der Waals surface area contributed by atoms with Gasteiger partial charge in [0.2, 0.25) is 5.91 Å². The molecular weight excluding hydrogens is 246 g/mol. The number of nitrogens with one attached hydrogen (secondary N) is 1. The molecule has 18 heavy (non-hydrogen) atoms. The highest BCUT2D eigenvalue weighted by atomic mass is 35.5. The van der Waals surface area contributed by atoms with Gasteiger partial charge in [-0.05, 0) is 29.4 Å². The number of benzene rings is 1. The molecule has 1 aliphatic rings. The summed E-state index contributed by atoms with van der Waals surface area (Å²) in [6.07, 6.45) is 2.16. The summed E-state index contributed by atoms with van der Waals surface area (Å²) in [5.74, 6) is -0.0809. The lowest BCUT2D eigenvalue weighted by molar-refractivity contribution is -0.121. The van der Waals surface area contributed by atoms with Crippen LogP contribution in [-0.4, -0.2) is 11.9 Å². The van der Waals surface area contributed by atoms with Gasteiger partial charge in [-0.25, -0.2) is 0 Å². The summed E-state index contributed by atoms with van der Waals surface area (Å²) in [4.78, 5) is 11.8. The maximum absolute atomic E-state index is 11.8. The Bertz CT molecular complexity index is 429. The van der Waals surface area contributed by atoms with E-state index in [4.69, 9.17) is 11.6 Å². The van der Waals surface area contributed by atoms with E-state index in [2.05, 4.69) is 38.2 Å². The Labute approximate surface area is 114 Å². The molecule has 0 saturated heterocycles. The molecule has 1 unspecified atom stereocenters. The lowest BCUT2D eigenvalue weighted by atomic mass is 9.86. The topological polar surface area (TPSA) is 29.1 Å². The first-order valence-electron chi connectivity index (χ1n) is 6.43. The summed E-state index contributed by atoms with van der Waals surface area (Å²) < 4.78 is 0. The Morgan fingerprint density at radius 3 is 2.28 bits per heavy atom. The average Bonchev–Trinajstić information content (AvgIpc) is 3.11. The maximum atomic E-state index is 11.8. The molecule has 1 aromatic carbocycles. The third-order valence-electron chi connectivity index (χ3n) is 3.22. The predicted octanol–water partition coefficient (Wildman–Crippen LogP) is 3.54. The normalized spacial score (nSPS) is 17.3. The van der Waals surface area contributed by atoms with E-state index in [0.717, 1.165) is 18.4 Å². The van der Waals surface area contributed by atoms with E-state index in [-0.39, 0.29) is 11.3 Å².